The maximum absolute atomic E-state index is 12.9. The molecule has 2 aliphatic rings. The number of nitrogens with zero attached hydrogens (tertiary/aromatic N) is 1. The Bertz CT molecular complexity index is 743. The Hall–Kier alpha value is -2.00. The first-order valence-electron chi connectivity index (χ1n) is 7.87. The molecule has 0 aliphatic carbocycles. The van der Waals surface area contributed by atoms with Crippen molar-refractivity contribution in [2.24, 2.45) is 11.3 Å². The highest BCUT2D eigenvalue weighted by Gasteiger charge is 2.55. The van der Waals surface area contributed by atoms with Crippen LogP contribution in [0.15, 0.2) is 18.2 Å². The summed E-state index contributed by atoms with van der Waals surface area (Å²) in [6, 6.07) is 2.40. The topological polar surface area (TPSA) is 78.9 Å². The van der Waals surface area contributed by atoms with Gasteiger partial charge < -0.3 is 20.1 Å². The smallest absolute Gasteiger partial charge is 0.417 e. The molecule has 0 unspecified atom stereocenters. The number of nitrogens with one attached hydrogen (secondary N) is 1. The van der Waals surface area contributed by atoms with Crippen molar-refractivity contribution in [3.63, 3.8) is 0 Å². The Labute approximate surface area is 151 Å². The minimum absolute atomic E-state index is 0.0120. The number of alkyl halides is 3. The van der Waals surface area contributed by atoms with Gasteiger partial charge in [0.15, 0.2) is 0 Å². The predicted octanol–water partition coefficient (Wildman–Crippen LogP) is 3.31. The van der Waals surface area contributed by atoms with Crippen LogP contribution in [0.2, 0.25) is 5.02 Å². The van der Waals surface area contributed by atoms with Gasteiger partial charge >= 0.3 is 18.2 Å². The van der Waals surface area contributed by atoms with Crippen LogP contribution < -0.4 is 5.32 Å². The second-order valence-corrected chi connectivity index (χ2v) is 6.89. The summed E-state index contributed by atoms with van der Waals surface area (Å²) >= 11 is 5.56. The largest absolute Gasteiger partial charge is 0.481 e. The van der Waals surface area contributed by atoms with Crippen LogP contribution in [0.1, 0.15) is 12.0 Å². The van der Waals surface area contributed by atoms with Crippen molar-refractivity contribution in [3.05, 3.63) is 28.8 Å². The van der Waals surface area contributed by atoms with Gasteiger partial charge in [-0.15, -0.1) is 0 Å². The van der Waals surface area contributed by atoms with E-state index < -0.39 is 34.2 Å². The summed E-state index contributed by atoms with van der Waals surface area (Å²) in [5.74, 6) is -1.34. The summed E-state index contributed by atoms with van der Waals surface area (Å²) in [7, 11) is 0. The number of anilines is 1. The Balaban J connectivity index is 1.76. The number of halogens is 4. The van der Waals surface area contributed by atoms with Gasteiger partial charge in [0.2, 0.25) is 0 Å². The number of rotatable bonds is 2. The normalized spacial score (nSPS) is 25.7. The standard InChI is InChI=1S/C16H16ClF3N2O4/c17-12-2-1-10(5-11(12)16(18,19)20)21-14(25)22-6-9-7-26-4-3-15(9,8-22)13(23)24/h1-2,5,9H,3-4,6-8H2,(H,21,25)(H,23,24)/t9-,15+/m1/s1. The quantitative estimate of drug-likeness (QED) is 0.809. The van der Waals surface area contributed by atoms with Gasteiger partial charge in [0.25, 0.3) is 0 Å². The highest BCUT2D eigenvalue weighted by molar-refractivity contribution is 6.31. The number of carbonyl (C=O) groups excluding carboxylic acids is 1. The minimum Gasteiger partial charge on any atom is -0.481 e. The molecule has 1 aromatic rings. The summed E-state index contributed by atoms with van der Waals surface area (Å²) in [5, 5.41) is 11.5. The van der Waals surface area contributed by atoms with Gasteiger partial charge in [-0.1, -0.05) is 11.6 Å². The average Bonchev–Trinajstić information content (AvgIpc) is 2.97. The number of hydrogen-bond acceptors (Lipinski definition) is 3. The maximum atomic E-state index is 12.9. The number of carboxylic acids is 1. The van der Waals surface area contributed by atoms with E-state index in [1.54, 1.807) is 0 Å². The average molecular weight is 393 g/mol. The van der Waals surface area contributed by atoms with Crippen molar-refractivity contribution < 1.29 is 32.6 Å². The van der Waals surface area contributed by atoms with Crippen molar-refractivity contribution >= 4 is 29.3 Å². The molecule has 26 heavy (non-hydrogen) atoms. The Morgan fingerprint density at radius 1 is 1.38 bits per heavy atom. The van der Waals surface area contributed by atoms with Gasteiger partial charge in [0, 0.05) is 31.3 Å². The lowest BCUT2D eigenvalue weighted by molar-refractivity contribution is -0.157. The van der Waals surface area contributed by atoms with Crippen molar-refractivity contribution in [2.75, 3.05) is 31.6 Å². The molecule has 0 bridgehead atoms. The lowest BCUT2D eigenvalue weighted by atomic mass is 9.74. The third kappa shape index (κ3) is 3.33. The summed E-state index contributed by atoms with van der Waals surface area (Å²) in [5.41, 5.74) is -2.20. The lowest BCUT2D eigenvalue weighted by Gasteiger charge is -2.33. The van der Waals surface area contributed by atoms with Crippen LogP contribution in [0, 0.1) is 11.3 Å². The van der Waals surface area contributed by atoms with Crippen LogP contribution in [0.4, 0.5) is 23.7 Å². The predicted molar refractivity (Wildman–Crippen MR) is 86.0 cm³/mol. The number of carbonyl (C=O) groups is 2. The van der Waals surface area contributed by atoms with E-state index in [1.807, 2.05) is 0 Å². The number of hydrogen-bond donors (Lipinski definition) is 2. The van der Waals surface area contributed by atoms with Gasteiger partial charge in [-0.05, 0) is 24.6 Å². The molecule has 1 aromatic carbocycles. The number of ether oxygens (including phenoxy) is 1. The third-order valence-electron chi connectivity index (χ3n) is 4.94. The second-order valence-electron chi connectivity index (χ2n) is 6.49. The van der Waals surface area contributed by atoms with Gasteiger partial charge in [-0.2, -0.15) is 13.2 Å². The second kappa shape index (κ2) is 6.62. The summed E-state index contributed by atoms with van der Waals surface area (Å²) in [4.78, 5) is 25.5. The molecule has 3 rings (SSSR count). The molecule has 2 amide bonds. The highest BCUT2D eigenvalue weighted by Crippen LogP contribution is 2.42. The molecule has 0 spiro atoms. The Morgan fingerprint density at radius 2 is 2.12 bits per heavy atom. The fourth-order valence-electron chi connectivity index (χ4n) is 3.48. The van der Waals surface area contributed by atoms with E-state index in [9.17, 15) is 27.9 Å². The molecule has 0 aromatic heterocycles. The molecule has 2 N–H and O–H groups in total. The van der Waals surface area contributed by atoms with Gasteiger partial charge in [-0.3, -0.25) is 4.79 Å². The minimum atomic E-state index is -4.65. The van der Waals surface area contributed by atoms with Crippen LogP contribution in [0.25, 0.3) is 0 Å². The van der Waals surface area contributed by atoms with Gasteiger partial charge in [0.1, 0.15) is 0 Å². The maximum Gasteiger partial charge on any atom is 0.417 e. The van der Waals surface area contributed by atoms with Gasteiger partial charge in [-0.25, -0.2) is 4.79 Å². The third-order valence-corrected chi connectivity index (χ3v) is 5.27. The Kier molecular flexibility index (Phi) is 4.78. The summed E-state index contributed by atoms with van der Waals surface area (Å²) < 4.78 is 44.1. The first kappa shape index (κ1) is 18.8. The molecule has 2 atom stereocenters. The number of aliphatic carboxylic acids is 1. The number of benzene rings is 1. The SMILES string of the molecule is O=C(Nc1ccc(Cl)c(C(F)(F)F)c1)N1C[C@@H]2COCC[C@]2(C(=O)O)C1. The summed E-state index contributed by atoms with van der Waals surface area (Å²) in [6.07, 6.45) is -4.36. The number of fused-ring (bicyclic) bond motifs is 1. The van der Waals surface area contributed by atoms with Crippen LogP contribution in [0.3, 0.4) is 0 Å². The van der Waals surface area contributed by atoms with Crippen molar-refractivity contribution in [3.8, 4) is 0 Å². The monoisotopic (exact) mass is 392 g/mol. The van der Waals surface area contributed by atoms with E-state index >= 15 is 0 Å². The molecular weight excluding hydrogens is 377 g/mol. The summed E-state index contributed by atoms with van der Waals surface area (Å²) in [6.45, 7) is 0.680. The number of likely N-dealkylation sites (tertiary alicyclic amines) is 1. The van der Waals surface area contributed by atoms with Gasteiger partial charge in [0.05, 0.1) is 22.6 Å². The number of amides is 2. The van der Waals surface area contributed by atoms with E-state index in [1.165, 1.54) is 11.0 Å². The van der Waals surface area contributed by atoms with Crippen LogP contribution in [-0.2, 0) is 15.7 Å². The first-order chi connectivity index (χ1) is 12.1. The molecule has 2 saturated heterocycles. The first-order valence-corrected chi connectivity index (χ1v) is 8.25. The molecule has 0 saturated carbocycles. The molecule has 10 heteroatoms. The zero-order valence-corrected chi connectivity index (χ0v) is 14.2. The van der Waals surface area contributed by atoms with E-state index in [0.717, 1.165) is 12.1 Å². The van der Waals surface area contributed by atoms with E-state index in [0.29, 0.717) is 6.61 Å². The molecule has 6 nitrogen and oxygen atoms in total. The molecule has 142 valence electrons. The highest BCUT2D eigenvalue weighted by atomic mass is 35.5. The number of carboxylic acid groups (broad SMARTS) is 1. The van der Waals surface area contributed by atoms with Crippen LogP contribution >= 0.6 is 11.6 Å². The zero-order valence-electron chi connectivity index (χ0n) is 13.5. The van der Waals surface area contributed by atoms with E-state index in [-0.39, 0.29) is 37.7 Å². The van der Waals surface area contributed by atoms with Crippen molar-refractivity contribution in [1.82, 2.24) is 4.90 Å². The van der Waals surface area contributed by atoms with Crippen LogP contribution in [0.5, 0.6) is 0 Å². The van der Waals surface area contributed by atoms with Crippen LogP contribution in [-0.4, -0.2) is 48.3 Å². The molecule has 2 heterocycles. The van der Waals surface area contributed by atoms with E-state index in [4.69, 9.17) is 16.3 Å². The molecule has 2 fully saturated rings. The van der Waals surface area contributed by atoms with Crippen molar-refractivity contribution in [1.29, 1.82) is 0 Å². The molecule has 0 radical (unpaired) electrons. The number of urea groups is 1. The molecule has 2 aliphatic heterocycles. The fraction of sp³-hybridized carbons (Fsp3) is 0.500. The van der Waals surface area contributed by atoms with E-state index in [2.05, 4.69) is 5.32 Å². The zero-order chi connectivity index (χ0) is 19.1. The van der Waals surface area contributed by atoms with Crippen molar-refractivity contribution in [2.45, 2.75) is 12.6 Å². The Morgan fingerprint density at radius 3 is 2.73 bits per heavy atom. The lowest BCUT2D eigenvalue weighted by Crippen LogP contribution is -2.45. The fourth-order valence-corrected chi connectivity index (χ4v) is 3.70. The molecular formula is C16H16ClF3N2O4.